The zero-order valence-corrected chi connectivity index (χ0v) is 11.0. The van der Waals surface area contributed by atoms with Crippen molar-refractivity contribution in [1.29, 1.82) is 0 Å². The van der Waals surface area contributed by atoms with E-state index in [2.05, 4.69) is 21.2 Å². The first kappa shape index (κ1) is 13.6. The zero-order valence-electron chi connectivity index (χ0n) is 9.38. The van der Waals surface area contributed by atoms with Crippen molar-refractivity contribution in [3.8, 4) is 0 Å². The molecule has 0 saturated heterocycles. The van der Waals surface area contributed by atoms with Gasteiger partial charge in [-0.3, -0.25) is 4.79 Å². The van der Waals surface area contributed by atoms with Crippen LogP contribution in [0.3, 0.4) is 0 Å². The molecule has 19 heavy (non-hydrogen) atoms. The molecule has 2 rings (SSSR count). The molecule has 0 saturated carbocycles. The van der Waals surface area contributed by atoms with Crippen molar-refractivity contribution in [3.05, 3.63) is 63.9 Å². The first-order chi connectivity index (χ1) is 9.00. The number of anilines is 1. The summed E-state index contributed by atoms with van der Waals surface area (Å²) in [4.78, 5) is 11.9. The fourth-order valence-corrected chi connectivity index (χ4v) is 1.92. The highest BCUT2D eigenvalue weighted by Crippen LogP contribution is 2.22. The normalized spacial score (nSPS) is 10.3. The van der Waals surface area contributed by atoms with E-state index in [0.717, 1.165) is 12.1 Å². The number of halogens is 4. The third-order valence-corrected chi connectivity index (χ3v) is 3.09. The summed E-state index contributed by atoms with van der Waals surface area (Å²) in [7, 11) is 0. The minimum Gasteiger partial charge on any atom is -0.319 e. The van der Waals surface area contributed by atoms with Gasteiger partial charge in [-0.2, -0.15) is 0 Å². The fraction of sp³-hybridized carbons (Fsp3) is 0. The van der Waals surface area contributed by atoms with Gasteiger partial charge in [0.15, 0.2) is 17.5 Å². The van der Waals surface area contributed by atoms with E-state index < -0.39 is 29.0 Å². The number of benzene rings is 2. The van der Waals surface area contributed by atoms with Gasteiger partial charge in [0.05, 0.1) is 11.3 Å². The van der Waals surface area contributed by atoms with Crippen molar-refractivity contribution < 1.29 is 18.0 Å². The molecule has 0 atom stereocenters. The first-order valence-electron chi connectivity index (χ1n) is 5.20. The number of amides is 1. The molecule has 0 aliphatic heterocycles. The summed E-state index contributed by atoms with van der Waals surface area (Å²) in [6.07, 6.45) is 0. The van der Waals surface area contributed by atoms with Crippen LogP contribution in [0.1, 0.15) is 10.4 Å². The van der Waals surface area contributed by atoms with E-state index in [-0.39, 0.29) is 5.56 Å². The average molecular weight is 330 g/mol. The Hall–Kier alpha value is -1.82. The lowest BCUT2D eigenvalue weighted by Gasteiger charge is -2.08. The summed E-state index contributed by atoms with van der Waals surface area (Å²) < 4.78 is 39.7. The van der Waals surface area contributed by atoms with Crippen molar-refractivity contribution in [3.63, 3.8) is 0 Å². The van der Waals surface area contributed by atoms with Crippen LogP contribution in [0.2, 0.25) is 0 Å². The fourth-order valence-electron chi connectivity index (χ4n) is 1.46. The predicted molar refractivity (Wildman–Crippen MR) is 68.4 cm³/mol. The van der Waals surface area contributed by atoms with Crippen LogP contribution < -0.4 is 5.32 Å². The first-order valence-corrected chi connectivity index (χ1v) is 5.99. The number of hydrogen-bond donors (Lipinski definition) is 1. The molecule has 0 spiro atoms. The lowest BCUT2D eigenvalue weighted by Crippen LogP contribution is -2.14. The molecular weight excluding hydrogens is 323 g/mol. The summed E-state index contributed by atoms with van der Waals surface area (Å²) in [5, 5.41) is 2.18. The number of nitrogens with one attached hydrogen (secondary N) is 1. The maximum Gasteiger partial charge on any atom is 0.256 e. The molecule has 98 valence electrons. The highest BCUT2D eigenvalue weighted by atomic mass is 79.9. The molecular formula is C13H7BrF3NO. The molecule has 2 aromatic rings. The number of carbonyl (C=O) groups is 1. The van der Waals surface area contributed by atoms with Crippen molar-refractivity contribution in [2.75, 3.05) is 5.32 Å². The van der Waals surface area contributed by atoms with Gasteiger partial charge in [-0.1, -0.05) is 12.1 Å². The standard InChI is InChI=1S/C13H7BrF3NO/c14-8-4-2-1-3-7(8)13(19)18-10-6-5-9(15)11(16)12(10)17/h1-6H,(H,18,19). The third kappa shape index (κ3) is 2.78. The molecule has 0 heterocycles. The second-order valence-corrected chi connectivity index (χ2v) is 4.51. The summed E-state index contributed by atoms with van der Waals surface area (Å²) in [5.41, 5.74) is -0.161. The van der Waals surface area contributed by atoms with Gasteiger partial charge in [-0.15, -0.1) is 0 Å². The Balaban J connectivity index is 2.30. The van der Waals surface area contributed by atoms with Crippen LogP contribution >= 0.6 is 15.9 Å². The Morgan fingerprint density at radius 2 is 1.68 bits per heavy atom. The van der Waals surface area contributed by atoms with E-state index in [1.54, 1.807) is 18.2 Å². The Morgan fingerprint density at radius 1 is 1.00 bits per heavy atom. The number of rotatable bonds is 2. The lowest BCUT2D eigenvalue weighted by atomic mass is 10.2. The van der Waals surface area contributed by atoms with Crippen molar-refractivity contribution >= 4 is 27.5 Å². The van der Waals surface area contributed by atoms with Crippen molar-refractivity contribution in [2.45, 2.75) is 0 Å². The average Bonchev–Trinajstić information content (AvgIpc) is 2.40. The van der Waals surface area contributed by atoms with Crippen LogP contribution in [0.25, 0.3) is 0 Å². The molecule has 2 aromatic carbocycles. The summed E-state index contributed by atoms with van der Waals surface area (Å²) in [5.74, 6) is -4.99. The van der Waals surface area contributed by atoms with E-state index in [0.29, 0.717) is 4.47 Å². The van der Waals surface area contributed by atoms with Crippen LogP contribution in [-0.4, -0.2) is 5.91 Å². The van der Waals surface area contributed by atoms with E-state index in [1.807, 2.05) is 0 Å². The zero-order chi connectivity index (χ0) is 14.0. The minimum absolute atomic E-state index is 0.256. The SMILES string of the molecule is O=C(Nc1ccc(F)c(F)c1F)c1ccccc1Br. The van der Waals surface area contributed by atoms with Gasteiger partial charge in [0.1, 0.15) is 0 Å². The quantitative estimate of drug-likeness (QED) is 0.825. The van der Waals surface area contributed by atoms with E-state index in [9.17, 15) is 18.0 Å². The van der Waals surface area contributed by atoms with Crippen molar-refractivity contribution in [1.82, 2.24) is 0 Å². The molecule has 1 amide bonds. The molecule has 1 N–H and O–H groups in total. The van der Waals surface area contributed by atoms with Gasteiger partial charge in [0, 0.05) is 4.47 Å². The third-order valence-electron chi connectivity index (χ3n) is 2.40. The minimum atomic E-state index is -1.62. The summed E-state index contributed by atoms with van der Waals surface area (Å²) in [6, 6.07) is 8.19. The molecule has 6 heteroatoms. The van der Waals surface area contributed by atoms with Crippen molar-refractivity contribution in [2.24, 2.45) is 0 Å². The Labute approximate surface area is 115 Å². The second-order valence-electron chi connectivity index (χ2n) is 3.66. The lowest BCUT2D eigenvalue weighted by molar-refractivity contribution is 0.102. The molecule has 0 unspecified atom stereocenters. The van der Waals surface area contributed by atoms with E-state index in [1.165, 1.54) is 6.07 Å². The predicted octanol–water partition coefficient (Wildman–Crippen LogP) is 4.12. The Bertz CT molecular complexity index is 646. The van der Waals surface area contributed by atoms with Crippen LogP contribution in [0.4, 0.5) is 18.9 Å². The molecule has 0 fully saturated rings. The molecule has 0 aliphatic carbocycles. The van der Waals surface area contributed by atoms with Crippen LogP contribution in [0.15, 0.2) is 40.9 Å². The Kier molecular flexibility index (Phi) is 3.90. The maximum absolute atomic E-state index is 13.4. The van der Waals surface area contributed by atoms with Gasteiger partial charge >= 0.3 is 0 Å². The summed E-state index contributed by atoms with van der Waals surface area (Å²) in [6.45, 7) is 0. The van der Waals surface area contributed by atoms with Gasteiger partial charge < -0.3 is 5.32 Å². The highest BCUT2D eigenvalue weighted by Gasteiger charge is 2.16. The van der Waals surface area contributed by atoms with Gasteiger partial charge in [0.25, 0.3) is 5.91 Å². The van der Waals surface area contributed by atoms with Crippen LogP contribution in [0, 0.1) is 17.5 Å². The Morgan fingerprint density at radius 3 is 2.37 bits per heavy atom. The van der Waals surface area contributed by atoms with Gasteiger partial charge in [-0.05, 0) is 40.2 Å². The summed E-state index contributed by atoms with van der Waals surface area (Å²) >= 11 is 3.17. The molecule has 0 aliphatic rings. The molecule has 0 radical (unpaired) electrons. The number of hydrogen-bond acceptors (Lipinski definition) is 1. The van der Waals surface area contributed by atoms with Crippen LogP contribution in [-0.2, 0) is 0 Å². The van der Waals surface area contributed by atoms with Gasteiger partial charge in [-0.25, -0.2) is 13.2 Å². The smallest absolute Gasteiger partial charge is 0.256 e. The topological polar surface area (TPSA) is 29.1 Å². The van der Waals surface area contributed by atoms with Gasteiger partial charge in [0.2, 0.25) is 0 Å². The second kappa shape index (κ2) is 5.44. The van der Waals surface area contributed by atoms with Crippen LogP contribution in [0.5, 0.6) is 0 Å². The molecule has 2 nitrogen and oxygen atoms in total. The monoisotopic (exact) mass is 329 g/mol. The highest BCUT2D eigenvalue weighted by molar-refractivity contribution is 9.10. The molecule has 0 aromatic heterocycles. The number of carbonyl (C=O) groups excluding carboxylic acids is 1. The maximum atomic E-state index is 13.4. The largest absolute Gasteiger partial charge is 0.319 e. The van der Waals surface area contributed by atoms with E-state index >= 15 is 0 Å². The molecule has 0 bridgehead atoms. The van der Waals surface area contributed by atoms with E-state index in [4.69, 9.17) is 0 Å².